The quantitative estimate of drug-likeness (QED) is 0.223. The Morgan fingerprint density at radius 3 is 2.47 bits per heavy atom. The van der Waals surface area contributed by atoms with Gasteiger partial charge in [0.25, 0.3) is 0 Å². The highest BCUT2D eigenvalue weighted by atomic mass is 127. The number of rotatable bonds is 8. The minimum Gasteiger partial charge on any atom is -0.379 e. The topological polar surface area (TPSA) is 69.2 Å². The molecule has 1 aromatic carbocycles. The number of likely N-dealkylation sites (N-methyl/N-ethyl adjacent to an activating group) is 1. The van der Waals surface area contributed by atoms with Crippen molar-refractivity contribution < 1.29 is 9.53 Å². The van der Waals surface area contributed by atoms with E-state index in [9.17, 15) is 4.79 Å². The average molecular weight is 558 g/mol. The van der Waals surface area contributed by atoms with E-state index in [2.05, 4.69) is 50.9 Å². The number of guanidine groups is 1. The molecule has 0 radical (unpaired) electrons. The van der Waals surface area contributed by atoms with Crippen LogP contribution in [0.1, 0.15) is 43.6 Å². The number of aliphatic imine (C=N–C) groups is 1. The summed E-state index contributed by atoms with van der Waals surface area (Å²) in [5.74, 6) is 1.43. The molecule has 3 rings (SSSR count). The molecule has 1 aliphatic carbocycles. The van der Waals surface area contributed by atoms with E-state index < -0.39 is 0 Å². The molecule has 180 valence electrons. The lowest BCUT2D eigenvalue weighted by Gasteiger charge is -2.30. The summed E-state index contributed by atoms with van der Waals surface area (Å²) in [4.78, 5) is 20.6. The second-order valence-corrected chi connectivity index (χ2v) is 8.79. The number of benzene rings is 1. The predicted octanol–water partition coefficient (Wildman–Crippen LogP) is 2.68. The summed E-state index contributed by atoms with van der Waals surface area (Å²) in [5.41, 5.74) is 1.45. The van der Waals surface area contributed by atoms with Gasteiger partial charge in [-0.1, -0.05) is 30.3 Å². The molecule has 0 spiro atoms. The molecule has 1 saturated heterocycles. The number of ether oxygens (including phenoxy) is 1. The van der Waals surface area contributed by atoms with E-state index >= 15 is 0 Å². The van der Waals surface area contributed by atoms with Gasteiger partial charge in [0.05, 0.1) is 13.2 Å². The molecule has 1 saturated carbocycles. The Hall–Kier alpha value is -1.39. The molecular weight excluding hydrogens is 517 g/mol. The molecule has 32 heavy (non-hydrogen) atoms. The summed E-state index contributed by atoms with van der Waals surface area (Å²) < 4.78 is 5.42. The molecule has 1 heterocycles. The summed E-state index contributed by atoms with van der Waals surface area (Å²) in [5, 5.41) is 7.05. The van der Waals surface area contributed by atoms with Crippen LogP contribution >= 0.6 is 24.0 Å². The molecular formula is C24H40IN5O2. The fourth-order valence-electron chi connectivity index (χ4n) is 4.26. The van der Waals surface area contributed by atoms with E-state index in [1.54, 1.807) is 19.0 Å². The van der Waals surface area contributed by atoms with Gasteiger partial charge in [0.1, 0.15) is 6.54 Å². The third-order valence-corrected chi connectivity index (χ3v) is 6.26. The fraction of sp³-hybridized carbons (Fsp3) is 0.667. The molecule has 2 N–H and O–H groups in total. The lowest BCUT2D eigenvalue weighted by Crippen LogP contribution is -2.46. The Bertz CT molecular complexity index is 687. The molecule has 1 aliphatic heterocycles. The lowest BCUT2D eigenvalue weighted by atomic mass is 9.82. The van der Waals surface area contributed by atoms with E-state index in [1.165, 1.54) is 18.4 Å². The largest absolute Gasteiger partial charge is 0.379 e. The van der Waals surface area contributed by atoms with Crippen molar-refractivity contribution in [1.82, 2.24) is 20.4 Å². The van der Waals surface area contributed by atoms with Gasteiger partial charge in [-0.3, -0.25) is 9.69 Å². The smallest absolute Gasteiger partial charge is 0.243 e. The first kappa shape index (κ1) is 26.9. The SMILES string of the molecule is CN(C)C(=O)CN=C(NCCCN1CCOCC1)NC1CCC(c2ccccc2)CC1.I. The highest BCUT2D eigenvalue weighted by Gasteiger charge is 2.23. The van der Waals surface area contributed by atoms with Gasteiger partial charge in [0.2, 0.25) is 5.91 Å². The molecule has 0 atom stereocenters. The molecule has 2 fully saturated rings. The fourth-order valence-corrected chi connectivity index (χ4v) is 4.26. The molecule has 0 bridgehead atoms. The molecule has 1 aromatic rings. The number of carbonyl (C=O) groups excluding carboxylic acids is 1. The van der Waals surface area contributed by atoms with Crippen LogP contribution in [0.4, 0.5) is 0 Å². The second kappa shape index (κ2) is 14.7. The number of morpholine rings is 1. The van der Waals surface area contributed by atoms with Crippen molar-refractivity contribution in [2.75, 3.05) is 60.0 Å². The first-order valence-corrected chi connectivity index (χ1v) is 11.7. The molecule has 1 amide bonds. The van der Waals surface area contributed by atoms with Crippen molar-refractivity contribution in [3.8, 4) is 0 Å². The van der Waals surface area contributed by atoms with E-state index in [0.29, 0.717) is 12.0 Å². The van der Waals surface area contributed by atoms with E-state index in [0.717, 1.165) is 64.6 Å². The van der Waals surface area contributed by atoms with Gasteiger partial charge in [0, 0.05) is 39.8 Å². The Labute approximate surface area is 210 Å². The zero-order chi connectivity index (χ0) is 21.9. The van der Waals surface area contributed by atoms with Crippen molar-refractivity contribution in [3.05, 3.63) is 35.9 Å². The van der Waals surface area contributed by atoms with Gasteiger partial charge < -0.3 is 20.3 Å². The standard InChI is InChI=1S/C24H39N5O2.HI/c1-28(2)23(30)19-26-24(25-13-6-14-29-15-17-31-18-16-29)27-22-11-9-21(10-12-22)20-7-4-3-5-8-20;/h3-5,7-8,21-22H,6,9-19H2,1-2H3,(H2,25,26,27);1H. The minimum atomic E-state index is 0. The maximum absolute atomic E-state index is 12.0. The molecule has 7 nitrogen and oxygen atoms in total. The lowest BCUT2D eigenvalue weighted by molar-refractivity contribution is -0.127. The zero-order valence-corrected chi connectivity index (χ0v) is 21.9. The Balaban J connectivity index is 0.00000363. The van der Waals surface area contributed by atoms with Gasteiger partial charge >= 0.3 is 0 Å². The molecule has 2 aliphatic rings. The summed E-state index contributed by atoms with van der Waals surface area (Å²) in [7, 11) is 3.54. The Morgan fingerprint density at radius 1 is 1.12 bits per heavy atom. The van der Waals surface area contributed by atoms with E-state index in [1.807, 2.05) is 0 Å². The number of hydrogen-bond acceptors (Lipinski definition) is 4. The number of carbonyl (C=O) groups is 1. The van der Waals surface area contributed by atoms with Gasteiger partial charge in [-0.2, -0.15) is 0 Å². The van der Waals surface area contributed by atoms with E-state index in [4.69, 9.17) is 4.74 Å². The molecule has 0 unspecified atom stereocenters. The van der Waals surface area contributed by atoms with Crippen molar-refractivity contribution in [1.29, 1.82) is 0 Å². The zero-order valence-electron chi connectivity index (χ0n) is 19.6. The summed E-state index contributed by atoms with van der Waals surface area (Å²) in [6.07, 6.45) is 5.65. The highest BCUT2D eigenvalue weighted by Crippen LogP contribution is 2.32. The van der Waals surface area contributed by atoms with Crippen LogP contribution in [0.3, 0.4) is 0 Å². The maximum atomic E-state index is 12.0. The third kappa shape index (κ3) is 9.23. The maximum Gasteiger partial charge on any atom is 0.243 e. The minimum absolute atomic E-state index is 0. The van der Waals surface area contributed by atoms with Crippen LogP contribution in [0.15, 0.2) is 35.3 Å². The van der Waals surface area contributed by atoms with Crippen molar-refractivity contribution >= 4 is 35.8 Å². The summed E-state index contributed by atoms with van der Waals surface area (Å²) in [6.45, 7) is 5.77. The van der Waals surface area contributed by atoms with Crippen LogP contribution in [0.5, 0.6) is 0 Å². The summed E-state index contributed by atoms with van der Waals surface area (Å²) in [6, 6.07) is 11.2. The Morgan fingerprint density at radius 2 is 1.81 bits per heavy atom. The molecule has 8 heteroatoms. The number of hydrogen-bond donors (Lipinski definition) is 2. The van der Waals surface area contributed by atoms with E-state index in [-0.39, 0.29) is 36.4 Å². The number of nitrogens with one attached hydrogen (secondary N) is 2. The van der Waals surface area contributed by atoms with Crippen LogP contribution in [0.25, 0.3) is 0 Å². The van der Waals surface area contributed by atoms with Crippen LogP contribution < -0.4 is 10.6 Å². The van der Waals surface area contributed by atoms with Crippen LogP contribution in [0.2, 0.25) is 0 Å². The van der Waals surface area contributed by atoms with Gasteiger partial charge in [-0.05, 0) is 50.1 Å². The van der Waals surface area contributed by atoms with Gasteiger partial charge in [0.15, 0.2) is 5.96 Å². The van der Waals surface area contributed by atoms with Crippen LogP contribution in [-0.2, 0) is 9.53 Å². The number of halogens is 1. The van der Waals surface area contributed by atoms with Gasteiger partial charge in [-0.15, -0.1) is 24.0 Å². The third-order valence-electron chi connectivity index (χ3n) is 6.26. The first-order chi connectivity index (χ1) is 15.1. The highest BCUT2D eigenvalue weighted by molar-refractivity contribution is 14.0. The van der Waals surface area contributed by atoms with Crippen LogP contribution in [0, 0.1) is 0 Å². The van der Waals surface area contributed by atoms with Crippen molar-refractivity contribution in [2.24, 2.45) is 4.99 Å². The van der Waals surface area contributed by atoms with Crippen molar-refractivity contribution in [3.63, 3.8) is 0 Å². The van der Waals surface area contributed by atoms with Crippen molar-refractivity contribution in [2.45, 2.75) is 44.1 Å². The normalized spacial score (nSPS) is 22.0. The number of amides is 1. The summed E-state index contributed by atoms with van der Waals surface area (Å²) >= 11 is 0. The number of nitrogens with zero attached hydrogens (tertiary/aromatic N) is 3. The monoisotopic (exact) mass is 557 g/mol. The molecule has 0 aromatic heterocycles. The first-order valence-electron chi connectivity index (χ1n) is 11.7. The Kier molecular flexibility index (Phi) is 12.3. The van der Waals surface area contributed by atoms with Gasteiger partial charge in [-0.25, -0.2) is 4.99 Å². The average Bonchev–Trinajstić information content (AvgIpc) is 2.81. The van der Waals surface area contributed by atoms with Crippen LogP contribution in [-0.4, -0.2) is 87.7 Å². The predicted molar refractivity (Wildman–Crippen MR) is 141 cm³/mol. The second-order valence-electron chi connectivity index (χ2n) is 8.79.